The zero-order valence-corrected chi connectivity index (χ0v) is 15.9. The second-order valence-corrected chi connectivity index (χ2v) is 6.68. The third-order valence-electron chi connectivity index (χ3n) is 4.64. The van der Waals surface area contributed by atoms with Gasteiger partial charge in [0.15, 0.2) is 23.5 Å². The second-order valence-electron chi connectivity index (χ2n) is 6.68. The number of halogens is 3. The Morgan fingerprint density at radius 1 is 1.07 bits per heavy atom. The van der Waals surface area contributed by atoms with Crippen molar-refractivity contribution in [3.05, 3.63) is 59.4 Å². The summed E-state index contributed by atoms with van der Waals surface area (Å²) in [7, 11) is 3.92. The summed E-state index contributed by atoms with van der Waals surface area (Å²) in [5, 5.41) is 2.35. The van der Waals surface area contributed by atoms with Crippen LogP contribution in [0.4, 0.5) is 24.5 Å². The molecule has 0 fully saturated rings. The van der Waals surface area contributed by atoms with Crippen molar-refractivity contribution in [2.24, 2.45) is 0 Å². The highest BCUT2D eigenvalue weighted by molar-refractivity contribution is 5.93. The summed E-state index contributed by atoms with van der Waals surface area (Å²) in [5.41, 5.74) is 1.78. The monoisotopic (exact) mass is 380 g/mol. The summed E-state index contributed by atoms with van der Waals surface area (Å²) in [6, 6.07) is 9.32. The van der Waals surface area contributed by atoms with Gasteiger partial charge in [-0.1, -0.05) is 12.1 Å². The van der Waals surface area contributed by atoms with Crippen molar-refractivity contribution >= 4 is 17.3 Å². The van der Waals surface area contributed by atoms with Crippen LogP contribution < -0.4 is 15.1 Å². The highest BCUT2D eigenvalue weighted by Crippen LogP contribution is 2.19. The number of quaternary nitrogens is 1. The minimum absolute atomic E-state index is 0.364. The van der Waals surface area contributed by atoms with E-state index in [9.17, 15) is 18.0 Å². The second kappa shape index (κ2) is 8.90. The van der Waals surface area contributed by atoms with Gasteiger partial charge in [0, 0.05) is 25.3 Å². The van der Waals surface area contributed by atoms with E-state index in [1.165, 1.54) is 0 Å². The number of amides is 1. The molecule has 1 unspecified atom stereocenters. The molecule has 0 aliphatic heterocycles. The van der Waals surface area contributed by atoms with Gasteiger partial charge in [-0.05, 0) is 38.1 Å². The quantitative estimate of drug-likeness (QED) is 0.725. The van der Waals surface area contributed by atoms with E-state index in [1.807, 2.05) is 50.2 Å². The van der Waals surface area contributed by atoms with Crippen LogP contribution in [0.1, 0.15) is 19.4 Å². The molecule has 7 heteroatoms. The fourth-order valence-corrected chi connectivity index (χ4v) is 2.81. The summed E-state index contributed by atoms with van der Waals surface area (Å²) in [6.45, 7) is 4.95. The van der Waals surface area contributed by atoms with Gasteiger partial charge in [-0.15, -0.1) is 0 Å². The predicted molar refractivity (Wildman–Crippen MR) is 100 cm³/mol. The van der Waals surface area contributed by atoms with Crippen LogP contribution >= 0.6 is 0 Å². The van der Waals surface area contributed by atoms with Crippen molar-refractivity contribution in [3.63, 3.8) is 0 Å². The van der Waals surface area contributed by atoms with Crippen LogP contribution in [0, 0.1) is 17.5 Å². The van der Waals surface area contributed by atoms with E-state index in [0.717, 1.165) is 28.3 Å². The van der Waals surface area contributed by atoms with Gasteiger partial charge < -0.3 is 15.1 Å². The van der Waals surface area contributed by atoms with Gasteiger partial charge in [-0.25, -0.2) is 13.2 Å². The Hall–Kier alpha value is -2.54. The standard InChI is InChI=1S/C20H24F3N3O/c1-5-26(12-14-6-8-15(9-7-14)25(3)4)13(2)20(27)24-17-11-10-16(21)18(22)19(17)23/h6-11,13H,5,12H2,1-4H3,(H,24,27)/p+1/t13-/m1/s1. The minimum atomic E-state index is -1.60. The minimum Gasteiger partial charge on any atom is -0.378 e. The topological polar surface area (TPSA) is 36.8 Å². The molecule has 2 aromatic carbocycles. The molecule has 0 aromatic heterocycles. The molecule has 2 aromatic rings. The number of hydrogen-bond acceptors (Lipinski definition) is 2. The van der Waals surface area contributed by atoms with Crippen LogP contribution in [0.3, 0.4) is 0 Å². The van der Waals surface area contributed by atoms with Gasteiger partial charge in [0.05, 0.1) is 12.2 Å². The van der Waals surface area contributed by atoms with E-state index >= 15 is 0 Å². The average Bonchev–Trinajstić information content (AvgIpc) is 2.66. The fraction of sp³-hybridized carbons (Fsp3) is 0.350. The Morgan fingerprint density at radius 2 is 1.70 bits per heavy atom. The highest BCUT2D eigenvalue weighted by atomic mass is 19.2. The summed E-state index contributed by atoms with van der Waals surface area (Å²) in [4.78, 5) is 15.4. The molecule has 146 valence electrons. The zero-order valence-electron chi connectivity index (χ0n) is 15.9. The molecule has 0 bridgehead atoms. The molecule has 2 atom stereocenters. The van der Waals surface area contributed by atoms with Gasteiger partial charge in [-0.3, -0.25) is 4.79 Å². The van der Waals surface area contributed by atoms with Crippen LogP contribution in [0.15, 0.2) is 36.4 Å². The van der Waals surface area contributed by atoms with Gasteiger partial charge in [0.2, 0.25) is 0 Å². The van der Waals surface area contributed by atoms with Crippen LogP contribution in [0.2, 0.25) is 0 Å². The Kier molecular flexibility index (Phi) is 6.85. The highest BCUT2D eigenvalue weighted by Gasteiger charge is 2.26. The first-order valence-corrected chi connectivity index (χ1v) is 8.79. The molecule has 0 saturated carbocycles. The Bertz CT molecular complexity index is 794. The zero-order chi connectivity index (χ0) is 20.1. The summed E-state index contributed by atoms with van der Waals surface area (Å²) < 4.78 is 40.1. The lowest BCUT2D eigenvalue weighted by atomic mass is 10.1. The number of nitrogens with one attached hydrogen (secondary N) is 2. The number of carbonyl (C=O) groups excluding carboxylic acids is 1. The van der Waals surface area contributed by atoms with Gasteiger partial charge >= 0.3 is 0 Å². The molecule has 4 nitrogen and oxygen atoms in total. The largest absolute Gasteiger partial charge is 0.378 e. The molecule has 0 heterocycles. The van der Waals surface area contributed by atoms with Crippen molar-refractivity contribution in [3.8, 4) is 0 Å². The lowest BCUT2D eigenvalue weighted by Crippen LogP contribution is -3.15. The Morgan fingerprint density at radius 3 is 2.26 bits per heavy atom. The number of anilines is 2. The molecule has 2 rings (SSSR count). The van der Waals surface area contributed by atoms with Gasteiger partial charge in [0.25, 0.3) is 5.91 Å². The smallest absolute Gasteiger partial charge is 0.282 e. The maximum atomic E-state index is 13.8. The van der Waals surface area contributed by atoms with Crippen molar-refractivity contribution < 1.29 is 22.9 Å². The molecule has 0 saturated heterocycles. The Labute approximate surface area is 157 Å². The number of rotatable bonds is 7. The number of carbonyl (C=O) groups is 1. The molecule has 0 radical (unpaired) electrons. The van der Waals surface area contributed by atoms with Crippen LogP contribution in [0.25, 0.3) is 0 Å². The average molecular weight is 380 g/mol. The van der Waals surface area contributed by atoms with Crippen molar-refractivity contribution in [1.29, 1.82) is 0 Å². The molecule has 27 heavy (non-hydrogen) atoms. The predicted octanol–water partition coefficient (Wildman–Crippen LogP) is 2.60. The van der Waals surface area contributed by atoms with Gasteiger partial charge in [0.1, 0.15) is 6.54 Å². The SMILES string of the molecule is CC[NH+](Cc1ccc(N(C)C)cc1)[C@H](C)C(=O)Nc1ccc(F)c(F)c1F. The van der Waals surface area contributed by atoms with Crippen LogP contribution in [0.5, 0.6) is 0 Å². The van der Waals surface area contributed by atoms with Crippen molar-refractivity contribution in [2.75, 3.05) is 30.9 Å². The number of benzene rings is 2. The van der Waals surface area contributed by atoms with E-state index in [0.29, 0.717) is 13.1 Å². The van der Waals surface area contributed by atoms with E-state index in [2.05, 4.69) is 5.32 Å². The molecule has 0 aliphatic carbocycles. The maximum absolute atomic E-state index is 13.8. The first kappa shape index (κ1) is 20.8. The summed E-state index contributed by atoms with van der Waals surface area (Å²) >= 11 is 0. The summed E-state index contributed by atoms with van der Waals surface area (Å²) in [6.07, 6.45) is 0. The van der Waals surface area contributed by atoms with Crippen molar-refractivity contribution in [1.82, 2.24) is 0 Å². The molecular formula is C20H25F3N3O+. The fourth-order valence-electron chi connectivity index (χ4n) is 2.81. The lowest BCUT2D eigenvalue weighted by Gasteiger charge is -2.24. The lowest BCUT2D eigenvalue weighted by molar-refractivity contribution is -0.925. The van der Waals surface area contributed by atoms with E-state index < -0.39 is 29.4 Å². The summed E-state index contributed by atoms with van der Waals surface area (Å²) in [5.74, 6) is -4.74. The normalized spacial score (nSPS) is 13.1. The van der Waals surface area contributed by atoms with E-state index in [4.69, 9.17) is 0 Å². The number of likely N-dealkylation sites (N-methyl/N-ethyl adjacent to an activating group) is 1. The van der Waals surface area contributed by atoms with Gasteiger partial charge in [-0.2, -0.15) is 0 Å². The third-order valence-corrected chi connectivity index (χ3v) is 4.64. The van der Waals surface area contributed by atoms with E-state index in [-0.39, 0.29) is 5.69 Å². The molecule has 1 amide bonds. The molecule has 0 aliphatic rings. The molecule has 0 spiro atoms. The maximum Gasteiger partial charge on any atom is 0.282 e. The Balaban J connectivity index is 2.08. The van der Waals surface area contributed by atoms with Crippen LogP contribution in [-0.2, 0) is 11.3 Å². The first-order chi connectivity index (χ1) is 12.7. The first-order valence-electron chi connectivity index (χ1n) is 8.79. The molecular weight excluding hydrogens is 355 g/mol. The van der Waals surface area contributed by atoms with Crippen LogP contribution in [-0.4, -0.2) is 32.6 Å². The third kappa shape index (κ3) is 5.01. The number of hydrogen-bond donors (Lipinski definition) is 2. The number of nitrogens with zero attached hydrogens (tertiary/aromatic N) is 1. The molecule has 2 N–H and O–H groups in total. The van der Waals surface area contributed by atoms with E-state index in [1.54, 1.807) is 6.92 Å². The van der Waals surface area contributed by atoms with Crippen molar-refractivity contribution in [2.45, 2.75) is 26.4 Å².